The molecule has 0 radical (unpaired) electrons. The molecule has 15 nitrogen and oxygen atoms in total. The number of nitrogens with one attached hydrogen (secondary N) is 4. The Hall–Kier alpha value is -7.57. The quantitative estimate of drug-likeness (QED) is 0.0521. The van der Waals surface area contributed by atoms with Gasteiger partial charge in [-0.2, -0.15) is 0 Å². The molecule has 0 spiro atoms. The SMILES string of the molecule is CC[C@@]1(O)C(=O)OCc2c1cc1n(c2=O)Cc2c-1nc1cc(F)c(C)c3c1c2[C@@H](NCc1c(F)cc(NC(=O)[C@H](CCCNC(N)=O)NC(=O)OCC2c4ccccc4-c4ccccc42)cc1F)CC3. The number of ether oxygens (including phenoxy) is 2. The summed E-state index contributed by atoms with van der Waals surface area (Å²) in [5, 5.41) is 22.9. The second kappa shape index (κ2) is 18.1. The molecule has 2 aliphatic carbocycles. The third kappa shape index (κ3) is 7.89. The number of benzene rings is 4. The van der Waals surface area contributed by atoms with Gasteiger partial charge in [-0.05, 0) is 96.2 Å². The Morgan fingerprint density at radius 1 is 0.971 bits per heavy atom. The first-order valence-electron chi connectivity index (χ1n) is 23.1. The predicted octanol–water partition coefficient (Wildman–Crippen LogP) is 6.88. The van der Waals surface area contributed by atoms with Crippen molar-refractivity contribution in [3.63, 3.8) is 0 Å². The minimum Gasteiger partial charge on any atom is -0.458 e. The molecule has 4 amide bonds. The van der Waals surface area contributed by atoms with Crippen molar-refractivity contribution in [1.29, 1.82) is 0 Å². The fraction of sp³-hybridized carbons (Fsp3) is 0.308. The summed E-state index contributed by atoms with van der Waals surface area (Å²) in [6.45, 7) is 2.76. The summed E-state index contributed by atoms with van der Waals surface area (Å²) in [6.07, 6.45) is 0.0696. The van der Waals surface area contributed by atoms with Crippen molar-refractivity contribution >= 4 is 40.6 Å². The summed E-state index contributed by atoms with van der Waals surface area (Å²) < 4.78 is 60.0. The van der Waals surface area contributed by atoms with Crippen LogP contribution in [0.1, 0.15) is 94.6 Å². The largest absolute Gasteiger partial charge is 0.458 e. The van der Waals surface area contributed by atoms with E-state index in [2.05, 4.69) is 21.3 Å². The number of carbonyl (C=O) groups excluding carboxylic acids is 4. The van der Waals surface area contributed by atoms with Crippen LogP contribution in [0.5, 0.6) is 0 Å². The minimum absolute atomic E-state index is 0.00300. The second-order valence-corrected chi connectivity index (χ2v) is 18.1. The number of pyridine rings is 2. The van der Waals surface area contributed by atoms with Crippen LogP contribution < -0.4 is 32.6 Å². The molecule has 4 heterocycles. The van der Waals surface area contributed by atoms with Gasteiger partial charge < -0.3 is 46.1 Å². The van der Waals surface area contributed by atoms with Crippen LogP contribution in [-0.2, 0) is 50.8 Å². The molecule has 6 aromatic rings. The van der Waals surface area contributed by atoms with Crippen molar-refractivity contribution < 1.29 is 46.9 Å². The maximum atomic E-state index is 16.1. The van der Waals surface area contributed by atoms with Gasteiger partial charge in [0.15, 0.2) is 5.60 Å². The lowest BCUT2D eigenvalue weighted by Gasteiger charge is -2.31. The fourth-order valence-electron chi connectivity index (χ4n) is 10.6. The van der Waals surface area contributed by atoms with Crippen LogP contribution in [0.4, 0.5) is 28.4 Å². The number of cyclic esters (lactones) is 1. The van der Waals surface area contributed by atoms with Crippen LogP contribution in [0.3, 0.4) is 0 Å². The Kier molecular flexibility index (Phi) is 11.9. The summed E-state index contributed by atoms with van der Waals surface area (Å²) >= 11 is 0. The average Bonchev–Trinajstić information content (AvgIpc) is 3.87. The summed E-state index contributed by atoms with van der Waals surface area (Å²) in [7, 11) is 0. The lowest BCUT2D eigenvalue weighted by atomic mass is 9.81. The average molecular weight is 956 g/mol. The lowest BCUT2D eigenvalue weighted by Crippen LogP contribution is -2.44. The van der Waals surface area contributed by atoms with E-state index in [4.69, 9.17) is 20.2 Å². The predicted molar refractivity (Wildman–Crippen MR) is 251 cm³/mol. The highest BCUT2D eigenvalue weighted by Gasteiger charge is 2.46. The molecule has 18 heteroatoms. The molecule has 3 atom stereocenters. The zero-order chi connectivity index (χ0) is 49.2. The van der Waals surface area contributed by atoms with Crippen molar-refractivity contribution in [2.75, 3.05) is 18.5 Å². The highest BCUT2D eigenvalue weighted by atomic mass is 19.1. The maximum absolute atomic E-state index is 16.1. The smallest absolute Gasteiger partial charge is 0.407 e. The van der Waals surface area contributed by atoms with E-state index in [0.717, 1.165) is 39.9 Å². The van der Waals surface area contributed by atoms with Crippen molar-refractivity contribution in [2.45, 2.75) is 89.3 Å². The van der Waals surface area contributed by atoms with Gasteiger partial charge in [0.1, 0.15) is 36.7 Å². The molecule has 360 valence electrons. The van der Waals surface area contributed by atoms with Crippen LogP contribution in [0.15, 0.2) is 77.6 Å². The van der Waals surface area contributed by atoms with Gasteiger partial charge in [0.25, 0.3) is 5.56 Å². The molecule has 2 aromatic heterocycles. The summed E-state index contributed by atoms with van der Waals surface area (Å²) in [4.78, 5) is 70.0. The second-order valence-electron chi connectivity index (χ2n) is 18.1. The number of aryl methyl sites for hydroxylation is 1. The minimum atomic E-state index is -2.06. The van der Waals surface area contributed by atoms with Crippen LogP contribution in [0.2, 0.25) is 0 Å². The number of aliphatic hydroxyl groups is 1. The van der Waals surface area contributed by atoms with Crippen LogP contribution in [-0.4, -0.2) is 57.9 Å². The van der Waals surface area contributed by atoms with Crippen LogP contribution in [0.25, 0.3) is 33.4 Å². The number of hydrogen-bond acceptors (Lipinski definition) is 10. The first-order chi connectivity index (χ1) is 33.7. The fourth-order valence-corrected chi connectivity index (χ4v) is 10.6. The standard InChI is InChI=1S/C52H48F3N7O8/c1-3-52(68)36-19-43-46-33(22-62(43)48(64)35(36)24-69-49(52)65)45-40(15-14-27-25(2)37(53)20-42(60-46)44(27)45)58-21-32-38(54)17-26(18-39(32)55)59-47(63)41(13-8-16-57-50(56)66)61-51(67)70-23-34-30-11-6-4-9-28(30)29-10-5-7-12-31(29)34/h4-7,9-12,17-20,34,40-41,58,68H,3,8,13-16,21-24H2,1-2H3,(H,59,63)(H,61,67)(H3,56,57,66)/t40-,41-,52-/m0/s1. The number of carbonyl (C=O) groups is 4. The Morgan fingerprint density at radius 2 is 1.67 bits per heavy atom. The van der Waals surface area contributed by atoms with E-state index in [1.54, 1.807) is 19.9 Å². The van der Waals surface area contributed by atoms with Gasteiger partial charge in [-0.15, -0.1) is 0 Å². The molecule has 0 fully saturated rings. The Labute approximate surface area is 398 Å². The third-order valence-electron chi connectivity index (χ3n) is 14.2. The Bertz CT molecular complexity index is 3200. The van der Waals surface area contributed by atoms with Crippen molar-refractivity contribution in [1.82, 2.24) is 25.5 Å². The number of halogens is 3. The number of esters is 1. The summed E-state index contributed by atoms with van der Waals surface area (Å²) in [5.41, 5.74) is 9.94. The number of aromatic nitrogens is 2. The van der Waals surface area contributed by atoms with E-state index < -0.39 is 64.7 Å². The lowest BCUT2D eigenvalue weighted by molar-refractivity contribution is -0.172. The van der Waals surface area contributed by atoms with Gasteiger partial charge in [-0.25, -0.2) is 32.5 Å². The molecular formula is C52H48F3N7O8. The molecule has 70 heavy (non-hydrogen) atoms. The van der Waals surface area contributed by atoms with Gasteiger partial charge in [0.2, 0.25) is 5.91 Å². The molecule has 0 saturated heterocycles. The van der Waals surface area contributed by atoms with E-state index in [-0.39, 0.29) is 80.4 Å². The van der Waals surface area contributed by atoms with E-state index in [1.807, 2.05) is 48.5 Å². The number of nitrogens with two attached hydrogens (primary N) is 1. The molecule has 0 unspecified atom stereocenters. The summed E-state index contributed by atoms with van der Waals surface area (Å²) in [5.74, 6) is -4.32. The molecule has 0 bridgehead atoms. The molecule has 4 aromatic carbocycles. The van der Waals surface area contributed by atoms with Crippen molar-refractivity contribution in [2.24, 2.45) is 5.73 Å². The van der Waals surface area contributed by atoms with E-state index in [0.29, 0.717) is 51.8 Å². The van der Waals surface area contributed by atoms with Gasteiger partial charge in [0, 0.05) is 58.9 Å². The van der Waals surface area contributed by atoms with Crippen LogP contribution >= 0.6 is 0 Å². The molecule has 0 saturated carbocycles. The zero-order valence-electron chi connectivity index (χ0n) is 38.1. The van der Waals surface area contributed by atoms with Gasteiger partial charge in [-0.3, -0.25) is 9.59 Å². The van der Waals surface area contributed by atoms with Gasteiger partial charge in [-0.1, -0.05) is 55.5 Å². The first-order valence-corrected chi connectivity index (χ1v) is 23.1. The number of primary amides is 1. The normalized spacial score (nSPS) is 17.7. The number of urea groups is 1. The molecule has 2 aliphatic heterocycles. The van der Waals surface area contributed by atoms with Crippen LogP contribution in [0, 0.1) is 24.4 Å². The Morgan fingerprint density at radius 3 is 2.36 bits per heavy atom. The number of alkyl carbamates (subject to hydrolysis) is 1. The van der Waals surface area contributed by atoms with E-state index >= 15 is 13.2 Å². The number of nitrogens with zero attached hydrogens (tertiary/aromatic N) is 2. The third-order valence-corrected chi connectivity index (χ3v) is 14.2. The molecule has 7 N–H and O–H groups in total. The van der Waals surface area contributed by atoms with E-state index in [1.165, 1.54) is 10.6 Å². The molecule has 10 rings (SSSR count). The topological polar surface area (TPSA) is 216 Å². The summed E-state index contributed by atoms with van der Waals surface area (Å²) in [6, 6.07) is 17.9. The first kappa shape index (κ1) is 46.2. The zero-order valence-corrected chi connectivity index (χ0v) is 38.1. The van der Waals surface area contributed by atoms with Gasteiger partial charge in [0.05, 0.1) is 29.0 Å². The highest BCUT2D eigenvalue weighted by Crippen LogP contribution is 2.47. The van der Waals surface area contributed by atoms with E-state index in [9.17, 15) is 29.1 Å². The van der Waals surface area contributed by atoms with Crippen molar-refractivity contribution in [3.8, 4) is 22.5 Å². The molecule has 4 aliphatic rings. The monoisotopic (exact) mass is 955 g/mol. The maximum Gasteiger partial charge on any atom is 0.407 e. The molecular weight excluding hydrogens is 908 g/mol. The van der Waals surface area contributed by atoms with Gasteiger partial charge >= 0.3 is 18.1 Å². The Balaban J connectivity index is 0.878. The highest BCUT2D eigenvalue weighted by molar-refractivity contribution is 5.97. The number of rotatable bonds is 13. The number of amides is 4. The van der Waals surface area contributed by atoms with Crippen molar-refractivity contribution in [3.05, 3.63) is 151 Å². The number of anilines is 1. The number of hydrogen-bond donors (Lipinski definition) is 6. The number of fused-ring (bicyclic) bond motifs is 8.